The Kier molecular flexibility index (Phi) is 5.91. The van der Waals surface area contributed by atoms with Crippen LogP contribution in [0.25, 0.3) is 0 Å². The van der Waals surface area contributed by atoms with Crippen molar-refractivity contribution < 1.29 is 20.1 Å². The zero-order valence-electron chi connectivity index (χ0n) is 10.7. The second-order valence-corrected chi connectivity index (χ2v) is 4.45. The SMILES string of the molecule is NCc1ccccc1CC(=O)NC(CO)(CO)CO. The van der Waals surface area contributed by atoms with E-state index in [2.05, 4.69) is 5.32 Å². The molecule has 0 saturated heterocycles. The highest BCUT2D eigenvalue weighted by Crippen LogP contribution is 2.10. The molecule has 0 aromatic heterocycles. The summed E-state index contributed by atoms with van der Waals surface area (Å²) in [7, 11) is 0. The molecule has 0 unspecified atom stereocenters. The minimum Gasteiger partial charge on any atom is -0.394 e. The largest absolute Gasteiger partial charge is 0.394 e. The van der Waals surface area contributed by atoms with Gasteiger partial charge in [-0.05, 0) is 11.1 Å². The summed E-state index contributed by atoms with van der Waals surface area (Å²) in [5, 5.41) is 29.9. The number of aliphatic hydroxyl groups is 3. The summed E-state index contributed by atoms with van der Waals surface area (Å²) in [6.45, 7) is -1.28. The van der Waals surface area contributed by atoms with Gasteiger partial charge in [-0.2, -0.15) is 0 Å². The van der Waals surface area contributed by atoms with E-state index in [1.807, 2.05) is 12.1 Å². The molecule has 0 aliphatic heterocycles. The number of carbonyl (C=O) groups excluding carboxylic acids is 1. The van der Waals surface area contributed by atoms with E-state index in [0.29, 0.717) is 6.54 Å². The van der Waals surface area contributed by atoms with Crippen molar-refractivity contribution >= 4 is 5.91 Å². The standard InChI is InChI=1S/C13H20N2O4/c14-6-11-4-2-1-3-10(11)5-12(19)15-13(7-16,8-17)9-18/h1-4,16-18H,5-9,14H2,(H,15,19). The van der Waals surface area contributed by atoms with Crippen LogP contribution in [0.2, 0.25) is 0 Å². The van der Waals surface area contributed by atoms with E-state index in [9.17, 15) is 4.79 Å². The summed E-state index contributed by atoms with van der Waals surface area (Å²) < 4.78 is 0. The molecule has 0 bridgehead atoms. The van der Waals surface area contributed by atoms with Crippen LogP contribution < -0.4 is 11.1 Å². The number of nitrogens with one attached hydrogen (secondary N) is 1. The lowest BCUT2D eigenvalue weighted by atomic mass is 10.0. The van der Waals surface area contributed by atoms with Crippen LogP contribution in [0.4, 0.5) is 0 Å². The summed E-state index contributed by atoms with van der Waals surface area (Å²) in [4.78, 5) is 11.9. The molecule has 6 N–H and O–H groups in total. The molecule has 0 atom stereocenters. The van der Waals surface area contributed by atoms with Crippen molar-refractivity contribution in [2.45, 2.75) is 18.5 Å². The lowest BCUT2D eigenvalue weighted by Gasteiger charge is -2.28. The number of nitrogens with two attached hydrogens (primary N) is 1. The van der Waals surface area contributed by atoms with Crippen LogP contribution in [0.1, 0.15) is 11.1 Å². The Morgan fingerprint density at radius 1 is 1.11 bits per heavy atom. The number of hydrogen-bond donors (Lipinski definition) is 5. The molecule has 0 aliphatic rings. The van der Waals surface area contributed by atoms with E-state index in [-0.39, 0.29) is 6.42 Å². The molecule has 19 heavy (non-hydrogen) atoms. The van der Waals surface area contributed by atoms with Gasteiger partial charge in [0, 0.05) is 6.54 Å². The Labute approximate surface area is 111 Å². The summed E-state index contributed by atoms with van der Waals surface area (Å²) >= 11 is 0. The molecule has 0 aliphatic carbocycles. The van der Waals surface area contributed by atoms with E-state index in [1.165, 1.54) is 0 Å². The summed E-state index contributed by atoms with van der Waals surface area (Å²) in [6.07, 6.45) is 0.0785. The van der Waals surface area contributed by atoms with Crippen molar-refractivity contribution in [1.82, 2.24) is 5.32 Å². The molecule has 1 amide bonds. The van der Waals surface area contributed by atoms with Gasteiger partial charge in [-0.1, -0.05) is 24.3 Å². The van der Waals surface area contributed by atoms with E-state index >= 15 is 0 Å². The summed E-state index contributed by atoms with van der Waals surface area (Å²) in [6, 6.07) is 7.27. The van der Waals surface area contributed by atoms with Crippen molar-refractivity contribution in [1.29, 1.82) is 0 Å². The van der Waals surface area contributed by atoms with E-state index in [0.717, 1.165) is 11.1 Å². The van der Waals surface area contributed by atoms with Crippen molar-refractivity contribution in [2.24, 2.45) is 5.73 Å². The third kappa shape index (κ3) is 4.00. The van der Waals surface area contributed by atoms with Crippen molar-refractivity contribution in [3.8, 4) is 0 Å². The number of carbonyl (C=O) groups is 1. The number of benzene rings is 1. The number of amides is 1. The zero-order valence-corrected chi connectivity index (χ0v) is 10.7. The third-order valence-electron chi connectivity index (χ3n) is 3.00. The first-order chi connectivity index (χ1) is 9.10. The molecular formula is C13H20N2O4. The Bertz CT molecular complexity index is 411. The van der Waals surface area contributed by atoms with Crippen molar-refractivity contribution in [2.75, 3.05) is 19.8 Å². The molecule has 1 aromatic rings. The Morgan fingerprint density at radius 3 is 2.11 bits per heavy atom. The number of aliphatic hydroxyl groups excluding tert-OH is 3. The van der Waals surface area contributed by atoms with E-state index in [4.69, 9.17) is 21.1 Å². The zero-order chi connectivity index (χ0) is 14.3. The summed E-state index contributed by atoms with van der Waals surface area (Å²) in [5.41, 5.74) is 5.83. The molecule has 0 saturated carbocycles. The molecule has 6 nitrogen and oxygen atoms in total. The monoisotopic (exact) mass is 268 g/mol. The molecule has 0 fully saturated rings. The van der Waals surface area contributed by atoms with E-state index in [1.54, 1.807) is 12.1 Å². The smallest absolute Gasteiger partial charge is 0.225 e. The fourth-order valence-electron chi connectivity index (χ4n) is 1.71. The van der Waals surface area contributed by atoms with Gasteiger partial charge in [0.1, 0.15) is 5.54 Å². The topological polar surface area (TPSA) is 116 Å². The molecule has 106 valence electrons. The van der Waals surface area contributed by atoms with Crippen LogP contribution >= 0.6 is 0 Å². The lowest BCUT2D eigenvalue weighted by molar-refractivity contribution is -0.124. The first-order valence-electron chi connectivity index (χ1n) is 6.01. The fourth-order valence-corrected chi connectivity index (χ4v) is 1.71. The van der Waals surface area contributed by atoms with Gasteiger partial charge in [-0.25, -0.2) is 0 Å². The minimum absolute atomic E-state index is 0.0785. The second kappa shape index (κ2) is 7.20. The van der Waals surface area contributed by atoms with Crippen LogP contribution in [-0.4, -0.2) is 46.6 Å². The quantitative estimate of drug-likeness (QED) is 0.413. The van der Waals surface area contributed by atoms with Gasteiger partial charge >= 0.3 is 0 Å². The first kappa shape index (κ1) is 15.6. The Hall–Kier alpha value is -1.47. The molecule has 6 heteroatoms. The highest BCUT2D eigenvalue weighted by atomic mass is 16.3. The second-order valence-electron chi connectivity index (χ2n) is 4.45. The Balaban J connectivity index is 2.74. The van der Waals surface area contributed by atoms with Gasteiger partial charge in [-0.15, -0.1) is 0 Å². The van der Waals surface area contributed by atoms with Gasteiger partial charge in [0.15, 0.2) is 0 Å². The molecule has 0 heterocycles. The molecule has 0 spiro atoms. The van der Waals surface area contributed by atoms with Gasteiger partial charge in [0.25, 0.3) is 0 Å². The van der Waals surface area contributed by atoms with Gasteiger partial charge in [0.05, 0.1) is 26.2 Å². The van der Waals surface area contributed by atoms with Crippen LogP contribution in [-0.2, 0) is 17.8 Å². The van der Waals surface area contributed by atoms with Gasteiger partial charge < -0.3 is 26.4 Å². The number of rotatable bonds is 7. The Morgan fingerprint density at radius 2 is 1.63 bits per heavy atom. The van der Waals surface area contributed by atoms with Crippen LogP contribution in [0.15, 0.2) is 24.3 Å². The van der Waals surface area contributed by atoms with Crippen LogP contribution in [0.3, 0.4) is 0 Å². The third-order valence-corrected chi connectivity index (χ3v) is 3.00. The van der Waals surface area contributed by atoms with Gasteiger partial charge in [-0.3, -0.25) is 4.79 Å². The molecular weight excluding hydrogens is 248 g/mol. The average Bonchev–Trinajstić information content (AvgIpc) is 2.45. The number of hydrogen-bond acceptors (Lipinski definition) is 5. The lowest BCUT2D eigenvalue weighted by Crippen LogP contribution is -2.57. The predicted molar refractivity (Wildman–Crippen MR) is 70.2 cm³/mol. The van der Waals surface area contributed by atoms with Crippen molar-refractivity contribution in [3.63, 3.8) is 0 Å². The van der Waals surface area contributed by atoms with E-state index < -0.39 is 31.3 Å². The van der Waals surface area contributed by atoms with Gasteiger partial charge in [0.2, 0.25) is 5.91 Å². The van der Waals surface area contributed by atoms with Crippen molar-refractivity contribution in [3.05, 3.63) is 35.4 Å². The molecule has 1 rings (SSSR count). The van der Waals surface area contributed by atoms with Crippen LogP contribution in [0, 0.1) is 0 Å². The fraction of sp³-hybridized carbons (Fsp3) is 0.462. The average molecular weight is 268 g/mol. The maximum absolute atomic E-state index is 11.9. The maximum Gasteiger partial charge on any atom is 0.225 e. The first-order valence-corrected chi connectivity index (χ1v) is 6.01. The highest BCUT2D eigenvalue weighted by Gasteiger charge is 2.29. The highest BCUT2D eigenvalue weighted by molar-refractivity contribution is 5.79. The normalized spacial score (nSPS) is 11.4. The predicted octanol–water partition coefficient (Wildman–Crippen LogP) is -1.48. The molecule has 0 radical (unpaired) electrons. The minimum atomic E-state index is -1.39. The molecule has 1 aromatic carbocycles. The maximum atomic E-state index is 11.9. The summed E-state index contributed by atoms with van der Waals surface area (Å²) in [5.74, 6) is -0.391. The van der Waals surface area contributed by atoms with Crippen LogP contribution in [0.5, 0.6) is 0 Å².